The summed E-state index contributed by atoms with van der Waals surface area (Å²) >= 11 is 0. The van der Waals surface area contributed by atoms with Crippen LogP contribution in [0.4, 0.5) is 0 Å². The molecular weight excluding hydrogens is 288 g/mol. The van der Waals surface area contributed by atoms with Crippen LogP contribution in [-0.2, 0) is 9.22 Å². The van der Waals surface area contributed by atoms with Gasteiger partial charge in [0.2, 0.25) is 8.32 Å². The highest BCUT2D eigenvalue weighted by molar-refractivity contribution is 6.74. The van der Waals surface area contributed by atoms with Gasteiger partial charge in [0.25, 0.3) is 0 Å². The molecule has 0 unspecified atom stereocenters. The van der Waals surface area contributed by atoms with Crippen molar-refractivity contribution in [2.24, 2.45) is 16.7 Å². The zero-order valence-electron chi connectivity index (χ0n) is 15.8. The van der Waals surface area contributed by atoms with E-state index in [1.165, 1.54) is 0 Å². The maximum absolute atomic E-state index is 12.5. The number of carbonyl (C=O) groups is 1. The smallest absolute Gasteiger partial charge is 0.250 e. The predicted molar refractivity (Wildman–Crippen MR) is 95.2 cm³/mol. The van der Waals surface area contributed by atoms with E-state index < -0.39 is 8.32 Å². The summed E-state index contributed by atoms with van der Waals surface area (Å²) < 4.78 is 6.62. The molecular formula is C19H34O2Si. The van der Waals surface area contributed by atoms with Crippen LogP contribution in [0.2, 0.25) is 18.1 Å². The van der Waals surface area contributed by atoms with Crippen LogP contribution in [-0.4, -0.2) is 14.1 Å². The quantitative estimate of drug-likeness (QED) is 0.610. The normalized spacial score (nSPS) is 32.3. The van der Waals surface area contributed by atoms with E-state index >= 15 is 0 Å². The largest absolute Gasteiger partial charge is 0.547 e. The summed E-state index contributed by atoms with van der Waals surface area (Å²) in [7, 11) is -1.81. The molecule has 126 valence electrons. The molecule has 0 aromatic heterocycles. The molecule has 2 atom stereocenters. The molecule has 1 fully saturated rings. The molecule has 0 aliphatic heterocycles. The molecule has 0 radical (unpaired) electrons. The van der Waals surface area contributed by atoms with Gasteiger partial charge in [-0.3, -0.25) is 4.79 Å². The average molecular weight is 323 g/mol. The van der Waals surface area contributed by atoms with Gasteiger partial charge in [0.15, 0.2) is 0 Å². The van der Waals surface area contributed by atoms with Gasteiger partial charge in [0.1, 0.15) is 5.78 Å². The van der Waals surface area contributed by atoms with Gasteiger partial charge in [-0.15, -0.1) is 0 Å². The van der Waals surface area contributed by atoms with Gasteiger partial charge in [-0.25, -0.2) is 0 Å². The van der Waals surface area contributed by atoms with Crippen molar-refractivity contribution in [1.29, 1.82) is 0 Å². The van der Waals surface area contributed by atoms with Crippen LogP contribution >= 0.6 is 0 Å². The lowest BCUT2D eigenvalue weighted by atomic mass is 9.53. The maximum atomic E-state index is 12.5. The molecule has 0 aromatic carbocycles. The fourth-order valence-electron chi connectivity index (χ4n) is 4.34. The fraction of sp³-hybridized carbons (Fsp3) is 0.842. The molecule has 0 amide bonds. The first-order valence-electron chi connectivity index (χ1n) is 8.72. The van der Waals surface area contributed by atoms with Crippen molar-refractivity contribution in [2.75, 3.05) is 0 Å². The Morgan fingerprint density at radius 2 is 1.82 bits per heavy atom. The Labute approximate surface area is 137 Å². The van der Waals surface area contributed by atoms with E-state index in [9.17, 15) is 4.79 Å². The minimum absolute atomic E-state index is 0.0747. The van der Waals surface area contributed by atoms with E-state index in [0.29, 0.717) is 5.78 Å². The van der Waals surface area contributed by atoms with Gasteiger partial charge < -0.3 is 4.43 Å². The zero-order chi connectivity index (χ0) is 17.0. The molecule has 0 spiro atoms. The Morgan fingerprint density at radius 1 is 1.23 bits per heavy atom. The van der Waals surface area contributed by atoms with Crippen LogP contribution in [0.1, 0.15) is 67.2 Å². The lowest BCUT2D eigenvalue weighted by Gasteiger charge is -2.52. The molecule has 0 heterocycles. The van der Waals surface area contributed by atoms with Gasteiger partial charge in [0, 0.05) is 18.8 Å². The number of Topliss-reactive ketones (excluding diaryl/α,β-unsaturated/α-hetero) is 1. The highest BCUT2D eigenvalue weighted by atomic mass is 28.4. The number of ketones is 1. The number of carbonyl (C=O) groups excluding carboxylic acids is 1. The van der Waals surface area contributed by atoms with Gasteiger partial charge in [-0.1, -0.05) is 41.5 Å². The zero-order valence-corrected chi connectivity index (χ0v) is 16.8. The van der Waals surface area contributed by atoms with E-state index in [2.05, 4.69) is 60.7 Å². The minimum Gasteiger partial charge on any atom is -0.547 e. The Hall–Kier alpha value is -0.573. The van der Waals surface area contributed by atoms with Crippen molar-refractivity contribution in [1.82, 2.24) is 0 Å². The van der Waals surface area contributed by atoms with Crippen LogP contribution in [0.15, 0.2) is 11.8 Å². The first-order valence-corrected chi connectivity index (χ1v) is 11.6. The third-order valence-electron chi connectivity index (χ3n) is 6.24. The van der Waals surface area contributed by atoms with Crippen LogP contribution in [0.3, 0.4) is 0 Å². The number of hydrogen-bond donors (Lipinski definition) is 0. The van der Waals surface area contributed by atoms with E-state index in [4.69, 9.17) is 4.43 Å². The summed E-state index contributed by atoms with van der Waals surface area (Å²) in [5.41, 5.74) is -0.0204. The lowest BCUT2D eigenvalue weighted by molar-refractivity contribution is -0.136. The van der Waals surface area contributed by atoms with Crippen molar-refractivity contribution >= 4 is 14.1 Å². The lowest BCUT2D eigenvalue weighted by Crippen LogP contribution is -2.49. The highest BCUT2D eigenvalue weighted by Gasteiger charge is 2.52. The van der Waals surface area contributed by atoms with Gasteiger partial charge in [-0.05, 0) is 47.9 Å². The number of fused-ring (bicyclic) bond motifs is 1. The molecule has 0 N–H and O–H groups in total. The molecule has 1 saturated carbocycles. The molecule has 2 nitrogen and oxygen atoms in total. The third kappa shape index (κ3) is 3.06. The van der Waals surface area contributed by atoms with E-state index in [1.54, 1.807) is 0 Å². The molecule has 3 heteroatoms. The van der Waals surface area contributed by atoms with E-state index in [1.807, 2.05) is 0 Å². The second kappa shape index (κ2) is 5.22. The Kier molecular flexibility index (Phi) is 4.22. The summed E-state index contributed by atoms with van der Waals surface area (Å²) in [5.74, 6) is 1.76. The first-order chi connectivity index (χ1) is 9.79. The Bertz CT molecular complexity index is 496. The van der Waals surface area contributed by atoms with Crippen molar-refractivity contribution in [3.8, 4) is 0 Å². The SMILES string of the molecule is CC1(C)C=C(O[Si](C)(C)C(C)(C)C)C[C@@]2(C)CCCC(=O)[C@@H]12. The highest BCUT2D eigenvalue weighted by Crippen LogP contribution is 2.56. The molecule has 2 aliphatic rings. The standard InChI is InChI=1S/C19H34O2Si/c1-17(2,3)22(7,8)21-14-12-18(4,5)16-15(20)10-9-11-19(16,6)13-14/h12,16H,9-11,13H2,1-8H3/t16-,19+/m0/s1. The molecule has 2 rings (SSSR count). The van der Waals surface area contributed by atoms with E-state index in [0.717, 1.165) is 31.4 Å². The summed E-state index contributed by atoms with van der Waals surface area (Å²) in [4.78, 5) is 12.5. The average Bonchev–Trinajstić information content (AvgIpc) is 2.22. The summed E-state index contributed by atoms with van der Waals surface area (Å²) in [6.45, 7) is 18.2. The minimum atomic E-state index is -1.81. The van der Waals surface area contributed by atoms with E-state index in [-0.39, 0.29) is 21.8 Å². The van der Waals surface area contributed by atoms with Gasteiger partial charge in [0.05, 0.1) is 5.76 Å². The second-order valence-corrected chi connectivity index (χ2v) is 14.6. The summed E-state index contributed by atoms with van der Waals surface area (Å²) in [6.07, 6.45) is 6.14. The fourth-order valence-corrected chi connectivity index (χ4v) is 5.43. The van der Waals surface area contributed by atoms with Crippen LogP contribution in [0.25, 0.3) is 0 Å². The van der Waals surface area contributed by atoms with Crippen molar-refractivity contribution in [3.63, 3.8) is 0 Å². The monoisotopic (exact) mass is 322 g/mol. The summed E-state index contributed by atoms with van der Waals surface area (Å²) in [6, 6.07) is 0. The van der Waals surface area contributed by atoms with Gasteiger partial charge >= 0.3 is 0 Å². The van der Waals surface area contributed by atoms with Crippen molar-refractivity contribution < 1.29 is 9.22 Å². The first kappa shape index (κ1) is 17.8. The third-order valence-corrected chi connectivity index (χ3v) is 10.6. The summed E-state index contributed by atoms with van der Waals surface area (Å²) in [5, 5.41) is 0.206. The molecule has 2 aliphatic carbocycles. The predicted octanol–water partition coefficient (Wildman–Crippen LogP) is 5.70. The van der Waals surface area contributed by atoms with Crippen LogP contribution in [0, 0.1) is 16.7 Å². The Morgan fingerprint density at radius 3 is 2.36 bits per heavy atom. The number of rotatable bonds is 2. The molecule has 22 heavy (non-hydrogen) atoms. The van der Waals surface area contributed by atoms with Crippen molar-refractivity contribution in [3.05, 3.63) is 11.8 Å². The molecule has 0 bridgehead atoms. The maximum Gasteiger partial charge on any atom is 0.250 e. The van der Waals surface area contributed by atoms with Crippen LogP contribution in [0.5, 0.6) is 0 Å². The topological polar surface area (TPSA) is 26.3 Å². The second-order valence-electron chi connectivity index (χ2n) is 9.88. The Balaban J connectivity index is 2.34. The number of allylic oxidation sites excluding steroid dienone is 2. The number of hydrogen-bond acceptors (Lipinski definition) is 2. The van der Waals surface area contributed by atoms with Gasteiger partial charge in [-0.2, -0.15) is 0 Å². The molecule has 0 saturated heterocycles. The van der Waals surface area contributed by atoms with Crippen LogP contribution < -0.4 is 0 Å². The molecule has 0 aromatic rings. The van der Waals surface area contributed by atoms with Crippen molar-refractivity contribution in [2.45, 2.75) is 85.4 Å².